The number of hydrogen-bond acceptors (Lipinski definition) is 5. The minimum atomic E-state index is -0.950. The molecule has 1 unspecified atom stereocenters. The molecule has 6 nitrogen and oxygen atoms in total. The standard InChI is InChI=1S/C20H20N2O4/c1-4-14-8-5-7-12(2)17(14)22-19(23)13(3)26-20(24)15-9-6-10-16-18(15)21-11-25-16/h5-11,13H,4H2,1-3H3,(H,22,23). The summed E-state index contributed by atoms with van der Waals surface area (Å²) in [6.07, 6.45) is 1.11. The third-order valence-corrected chi connectivity index (χ3v) is 4.22. The Balaban J connectivity index is 1.74. The van der Waals surface area contributed by atoms with Crippen LogP contribution < -0.4 is 5.32 Å². The fourth-order valence-electron chi connectivity index (χ4n) is 2.76. The first kappa shape index (κ1) is 17.7. The number of ether oxygens (including phenoxy) is 1. The highest BCUT2D eigenvalue weighted by Gasteiger charge is 2.22. The molecule has 26 heavy (non-hydrogen) atoms. The van der Waals surface area contributed by atoms with Crippen molar-refractivity contribution in [3.8, 4) is 0 Å². The summed E-state index contributed by atoms with van der Waals surface area (Å²) in [5, 5.41) is 2.87. The average Bonchev–Trinajstić information content (AvgIpc) is 3.11. The van der Waals surface area contributed by atoms with Gasteiger partial charge in [0, 0.05) is 5.69 Å². The summed E-state index contributed by atoms with van der Waals surface area (Å²) in [7, 11) is 0. The predicted octanol–water partition coefficient (Wildman–Crippen LogP) is 3.88. The second kappa shape index (κ2) is 7.39. The Hall–Kier alpha value is -3.15. The lowest BCUT2D eigenvalue weighted by molar-refractivity contribution is -0.123. The van der Waals surface area contributed by atoms with E-state index in [1.54, 1.807) is 25.1 Å². The van der Waals surface area contributed by atoms with Gasteiger partial charge in [-0.3, -0.25) is 4.79 Å². The van der Waals surface area contributed by atoms with Gasteiger partial charge in [-0.25, -0.2) is 9.78 Å². The van der Waals surface area contributed by atoms with E-state index in [0.29, 0.717) is 11.1 Å². The summed E-state index contributed by atoms with van der Waals surface area (Å²) in [6, 6.07) is 10.8. The summed E-state index contributed by atoms with van der Waals surface area (Å²) < 4.78 is 10.5. The number of anilines is 1. The smallest absolute Gasteiger partial charge is 0.341 e. The van der Waals surface area contributed by atoms with Crippen LogP contribution in [0.25, 0.3) is 11.1 Å². The molecule has 0 radical (unpaired) electrons. The highest BCUT2D eigenvalue weighted by atomic mass is 16.5. The van der Waals surface area contributed by atoms with Crippen molar-refractivity contribution in [2.75, 3.05) is 5.32 Å². The van der Waals surface area contributed by atoms with Crippen LogP contribution in [0.5, 0.6) is 0 Å². The topological polar surface area (TPSA) is 81.4 Å². The number of amides is 1. The van der Waals surface area contributed by atoms with Gasteiger partial charge in [-0.05, 0) is 43.5 Å². The largest absolute Gasteiger partial charge is 0.449 e. The zero-order valence-corrected chi connectivity index (χ0v) is 14.9. The molecule has 0 aliphatic heterocycles. The first-order valence-electron chi connectivity index (χ1n) is 8.43. The van der Waals surface area contributed by atoms with Crippen molar-refractivity contribution in [1.82, 2.24) is 4.98 Å². The molecule has 1 amide bonds. The van der Waals surface area contributed by atoms with Gasteiger partial charge < -0.3 is 14.5 Å². The molecule has 0 aliphatic carbocycles. The van der Waals surface area contributed by atoms with Gasteiger partial charge in [0.15, 0.2) is 18.1 Å². The number of nitrogens with one attached hydrogen (secondary N) is 1. The predicted molar refractivity (Wildman–Crippen MR) is 98.1 cm³/mol. The van der Waals surface area contributed by atoms with Gasteiger partial charge in [-0.15, -0.1) is 0 Å². The molecule has 0 saturated carbocycles. The summed E-state index contributed by atoms with van der Waals surface area (Å²) in [6.45, 7) is 5.49. The lowest BCUT2D eigenvalue weighted by atomic mass is 10.1. The average molecular weight is 352 g/mol. The van der Waals surface area contributed by atoms with Crippen molar-refractivity contribution in [3.05, 3.63) is 59.5 Å². The van der Waals surface area contributed by atoms with Crippen molar-refractivity contribution in [2.24, 2.45) is 0 Å². The Labute approximate surface area is 151 Å². The van der Waals surface area contributed by atoms with Gasteiger partial charge in [0.25, 0.3) is 5.91 Å². The van der Waals surface area contributed by atoms with Crippen molar-refractivity contribution in [1.29, 1.82) is 0 Å². The second-order valence-electron chi connectivity index (χ2n) is 6.00. The number of carbonyl (C=O) groups excluding carboxylic acids is 2. The lowest BCUT2D eigenvalue weighted by Crippen LogP contribution is -2.30. The van der Waals surface area contributed by atoms with E-state index in [1.165, 1.54) is 6.39 Å². The first-order chi connectivity index (χ1) is 12.5. The van der Waals surface area contributed by atoms with Crippen molar-refractivity contribution in [3.63, 3.8) is 0 Å². The summed E-state index contributed by atoms with van der Waals surface area (Å²) in [5.74, 6) is -0.998. The number of esters is 1. The minimum Gasteiger partial charge on any atom is -0.449 e. The number of benzene rings is 2. The van der Waals surface area contributed by atoms with E-state index in [9.17, 15) is 9.59 Å². The number of fused-ring (bicyclic) bond motifs is 1. The summed E-state index contributed by atoms with van der Waals surface area (Å²) in [5.41, 5.74) is 3.93. The maximum absolute atomic E-state index is 12.5. The Morgan fingerprint density at radius 3 is 2.77 bits per heavy atom. The van der Waals surface area contributed by atoms with Crippen LogP contribution in [0.3, 0.4) is 0 Å². The van der Waals surface area contributed by atoms with Crippen LogP contribution in [0.4, 0.5) is 5.69 Å². The highest BCUT2D eigenvalue weighted by Crippen LogP contribution is 2.22. The van der Waals surface area contributed by atoms with E-state index in [2.05, 4.69) is 10.3 Å². The normalized spacial score (nSPS) is 12.0. The van der Waals surface area contributed by atoms with Crippen LogP contribution >= 0.6 is 0 Å². The van der Waals surface area contributed by atoms with Crippen LogP contribution in [-0.4, -0.2) is 23.0 Å². The SMILES string of the molecule is CCc1cccc(C)c1NC(=O)C(C)OC(=O)c1cccc2ocnc12. The zero-order valence-electron chi connectivity index (χ0n) is 14.9. The van der Waals surface area contributed by atoms with E-state index in [0.717, 1.165) is 23.2 Å². The minimum absolute atomic E-state index is 0.265. The van der Waals surface area contributed by atoms with E-state index in [4.69, 9.17) is 9.15 Å². The van der Waals surface area contributed by atoms with Gasteiger partial charge in [0.2, 0.25) is 0 Å². The first-order valence-corrected chi connectivity index (χ1v) is 8.43. The van der Waals surface area contributed by atoms with E-state index in [1.807, 2.05) is 32.0 Å². The molecule has 6 heteroatoms. The molecule has 1 heterocycles. The fourth-order valence-corrected chi connectivity index (χ4v) is 2.76. The highest BCUT2D eigenvalue weighted by molar-refractivity contribution is 6.03. The van der Waals surface area contributed by atoms with Crippen molar-refractivity contribution < 1.29 is 18.7 Å². The van der Waals surface area contributed by atoms with E-state index in [-0.39, 0.29) is 11.5 Å². The Morgan fingerprint density at radius 1 is 1.23 bits per heavy atom. The number of aryl methyl sites for hydroxylation is 2. The van der Waals surface area contributed by atoms with Gasteiger partial charge in [-0.1, -0.05) is 31.2 Å². The van der Waals surface area contributed by atoms with E-state index < -0.39 is 12.1 Å². The molecule has 0 aliphatic rings. The summed E-state index contributed by atoms with van der Waals surface area (Å²) in [4.78, 5) is 28.9. The lowest BCUT2D eigenvalue weighted by Gasteiger charge is -2.17. The second-order valence-corrected chi connectivity index (χ2v) is 6.00. The number of nitrogens with zero attached hydrogens (tertiary/aromatic N) is 1. The van der Waals surface area contributed by atoms with Crippen LogP contribution in [0.1, 0.15) is 35.3 Å². The number of hydrogen-bond donors (Lipinski definition) is 1. The number of rotatable bonds is 5. The maximum atomic E-state index is 12.5. The van der Waals surface area contributed by atoms with Crippen LogP contribution in [-0.2, 0) is 16.0 Å². The number of carbonyl (C=O) groups is 2. The molecule has 0 fully saturated rings. The molecule has 3 rings (SSSR count). The van der Waals surface area contributed by atoms with Gasteiger partial charge >= 0.3 is 5.97 Å². The molecule has 1 N–H and O–H groups in total. The van der Waals surface area contributed by atoms with Crippen LogP contribution in [0, 0.1) is 6.92 Å². The van der Waals surface area contributed by atoms with Gasteiger partial charge in [0.05, 0.1) is 5.56 Å². The van der Waals surface area contributed by atoms with Crippen LogP contribution in [0.2, 0.25) is 0 Å². The molecular formula is C20H20N2O4. The molecule has 1 aromatic heterocycles. The van der Waals surface area contributed by atoms with Crippen molar-refractivity contribution in [2.45, 2.75) is 33.3 Å². The molecule has 1 atom stereocenters. The molecule has 3 aromatic rings. The number of para-hydroxylation sites is 2. The number of aromatic nitrogens is 1. The van der Waals surface area contributed by atoms with Crippen LogP contribution in [0.15, 0.2) is 47.2 Å². The summed E-state index contributed by atoms with van der Waals surface area (Å²) >= 11 is 0. The molecular weight excluding hydrogens is 332 g/mol. The van der Waals surface area contributed by atoms with E-state index >= 15 is 0 Å². The molecule has 2 aromatic carbocycles. The van der Waals surface area contributed by atoms with Gasteiger partial charge in [0.1, 0.15) is 5.52 Å². The quantitative estimate of drug-likeness (QED) is 0.705. The monoisotopic (exact) mass is 352 g/mol. The Morgan fingerprint density at radius 2 is 2.00 bits per heavy atom. The molecule has 134 valence electrons. The molecule has 0 bridgehead atoms. The fraction of sp³-hybridized carbons (Fsp3) is 0.250. The van der Waals surface area contributed by atoms with Gasteiger partial charge in [-0.2, -0.15) is 0 Å². The maximum Gasteiger partial charge on any atom is 0.341 e. The number of oxazole rings is 1. The third kappa shape index (κ3) is 3.44. The zero-order chi connectivity index (χ0) is 18.7. The molecule has 0 spiro atoms. The Kier molecular flexibility index (Phi) is 5.02. The Bertz CT molecular complexity index is 961. The molecule has 0 saturated heterocycles. The third-order valence-electron chi connectivity index (χ3n) is 4.22. The van der Waals surface area contributed by atoms with Crippen molar-refractivity contribution >= 4 is 28.7 Å².